The van der Waals surface area contributed by atoms with Crippen molar-refractivity contribution in [1.82, 2.24) is 34.8 Å². The van der Waals surface area contributed by atoms with Crippen molar-refractivity contribution in [2.24, 2.45) is 5.92 Å². The molecule has 1 saturated carbocycles. The third-order valence-electron chi connectivity index (χ3n) is 11.0. The minimum Gasteiger partial charge on any atom is -0.506 e. The van der Waals surface area contributed by atoms with Crippen LogP contribution in [0.2, 0.25) is 0 Å². The van der Waals surface area contributed by atoms with Gasteiger partial charge >= 0.3 is 4.87 Å². The van der Waals surface area contributed by atoms with E-state index in [4.69, 9.17) is 9.47 Å². The van der Waals surface area contributed by atoms with Crippen molar-refractivity contribution in [1.29, 1.82) is 0 Å². The van der Waals surface area contributed by atoms with Crippen molar-refractivity contribution in [2.45, 2.75) is 63.6 Å². The van der Waals surface area contributed by atoms with Gasteiger partial charge in [-0.1, -0.05) is 41.7 Å². The number of fused-ring (bicyclic) bond motifs is 1. The molecule has 4 aromatic rings. The number of aromatic nitrogens is 3. The quantitative estimate of drug-likeness (QED) is 0.138. The van der Waals surface area contributed by atoms with Gasteiger partial charge in [0, 0.05) is 59.1 Å². The number of thiazole rings is 1. The highest BCUT2D eigenvalue weighted by Crippen LogP contribution is 2.32. The number of aromatic hydroxyl groups is 1. The minimum absolute atomic E-state index is 0.0134. The highest BCUT2D eigenvalue weighted by atomic mass is 32.1. The van der Waals surface area contributed by atoms with Crippen LogP contribution in [0.25, 0.3) is 10.2 Å². The molecule has 0 atom stereocenters. The van der Waals surface area contributed by atoms with E-state index in [1.54, 1.807) is 11.0 Å². The summed E-state index contributed by atoms with van der Waals surface area (Å²) in [5, 5.41) is 17.9. The standard InChI is InChI=1S/C40H53N7O6S/c1-44(20-16-41-15-9-32-7-8-34(48)36-37(32)54-39(51)42-36)35(49)12-23-52-22-11-29-3-2-4-31(25-29)26-45-18-13-40(14-19-45)28-46(21-24-53-40)38(50)33-10-17-47(43-33)27-30-5-6-30/h2-4,7-8,10,17,25,30,41,48H,5-6,9,11-16,18-24,26-28H2,1H3,(H,42,51). The average molecular weight is 760 g/mol. The van der Waals surface area contributed by atoms with Crippen LogP contribution in [0, 0.1) is 5.92 Å². The number of rotatable bonds is 17. The van der Waals surface area contributed by atoms with Gasteiger partial charge in [0.15, 0.2) is 0 Å². The molecule has 2 aromatic heterocycles. The topological polar surface area (TPSA) is 145 Å². The van der Waals surface area contributed by atoms with Gasteiger partial charge in [-0.15, -0.1) is 0 Å². The highest BCUT2D eigenvalue weighted by Gasteiger charge is 2.41. The lowest BCUT2D eigenvalue weighted by molar-refractivity contribution is -0.131. The first-order valence-electron chi connectivity index (χ1n) is 19.4. The summed E-state index contributed by atoms with van der Waals surface area (Å²) in [6.45, 7) is 8.31. The zero-order valence-electron chi connectivity index (χ0n) is 31.3. The molecule has 7 rings (SSSR count). The number of phenolic OH excluding ortho intramolecular Hbond substituents is 1. The normalized spacial score (nSPS) is 17.4. The number of carbonyl (C=O) groups is 2. The van der Waals surface area contributed by atoms with Gasteiger partial charge < -0.3 is 34.7 Å². The Bertz CT molecular complexity index is 1950. The molecule has 2 saturated heterocycles. The number of carbonyl (C=O) groups excluding carboxylic acids is 2. The maximum Gasteiger partial charge on any atom is 0.305 e. The summed E-state index contributed by atoms with van der Waals surface area (Å²) in [6, 6.07) is 14.0. The van der Waals surface area contributed by atoms with E-state index in [0.29, 0.717) is 76.6 Å². The lowest BCUT2D eigenvalue weighted by Gasteiger charge is -2.47. The van der Waals surface area contributed by atoms with Gasteiger partial charge in [-0.05, 0) is 79.8 Å². The lowest BCUT2D eigenvalue weighted by atomic mass is 9.89. The molecule has 1 spiro atoms. The van der Waals surface area contributed by atoms with E-state index in [-0.39, 0.29) is 28.0 Å². The van der Waals surface area contributed by atoms with Crippen LogP contribution in [0.15, 0.2) is 53.5 Å². The summed E-state index contributed by atoms with van der Waals surface area (Å²) in [6.07, 6.45) is 8.09. The maximum atomic E-state index is 13.3. The second kappa shape index (κ2) is 17.6. The minimum atomic E-state index is -0.287. The molecule has 3 fully saturated rings. The van der Waals surface area contributed by atoms with Crippen molar-refractivity contribution < 1.29 is 24.2 Å². The van der Waals surface area contributed by atoms with Gasteiger partial charge in [0.1, 0.15) is 17.0 Å². The average Bonchev–Trinajstić information content (AvgIpc) is 3.71. The molecular weight excluding hydrogens is 707 g/mol. The van der Waals surface area contributed by atoms with E-state index < -0.39 is 0 Å². The van der Waals surface area contributed by atoms with Gasteiger partial charge in [-0.25, -0.2) is 0 Å². The number of hydrogen-bond donors (Lipinski definition) is 3. The fourth-order valence-corrected chi connectivity index (χ4v) is 8.41. The van der Waals surface area contributed by atoms with Gasteiger partial charge in [0.25, 0.3) is 5.91 Å². The molecule has 14 heteroatoms. The Balaban J connectivity index is 0.761. The third kappa shape index (κ3) is 9.96. The third-order valence-corrected chi connectivity index (χ3v) is 11.9. The van der Waals surface area contributed by atoms with Crippen molar-refractivity contribution in [3.05, 3.63) is 80.7 Å². The molecule has 0 unspecified atom stereocenters. The number of nitrogens with zero attached hydrogens (tertiary/aromatic N) is 5. The van der Waals surface area contributed by atoms with E-state index in [9.17, 15) is 19.5 Å². The lowest BCUT2D eigenvalue weighted by Crippen LogP contribution is -2.58. The number of aromatic amines is 1. The summed E-state index contributed by atoms with van der Waals surface area (Å²) in [7, 11) is 1.81. The first kappa shape index (κ1) is 38.2. The molecule has 3 N–H and O–H groups in total. The smallest absolute Gasteiger partial charge is 0.305 e. The van der Waals surface area contributed by atoms with Crippen LogP contribution in [0.4, 0.5) is 0 Å². The van der Waals surface area contributed by atoms with E-state index in [0.717, 1.165) is 73.0 Å². The monoisotopic (exact) mass is 759 g/mol. The fraction of sp³-hybridized carbons (Fsp3) is 0.550. The molecule has 2 aromatic carbocycles. The molecule has 0 radical (unpaired) electrons. The number of morpholine rings is 1. The number of amides is 2. The Morgan fingerprint density at radius 1 is 1.09 bits per heavy atom. The van der Waals surface area contributed by atoms with Crippen LogP contribution in [0.1, 0.15) is 59.3 Å². The maximum absolute atomic E-state index is 13.3. The molecule has 2 aliphatic heterocycles. The number of nitrogens with one attached hydrogen (secondary N) is 2. The summed E-state index contributed by atoms with van der Waals surface area (Å²) in [4.78, 5) is 46.3. The van der Waals surface area contributed by atoms with Crippen molar-refractivity contribution in [3.8, 4) is 5.75 Å². The summed E-state index contributed by atoms with van der Waals surface area (Å²) >= 11 is 1.11. The SMILES string of the molecule is CN(CCNCCc1ccc(O)c2[nH]c(=O)sc12)C(=O)CCOCCc1cccc(CN2CCC3(CC2)CN(C(=O)c2ccn(CC4CC4)n2)CCO3)c1. The Hall–Kier alpha value is -4.08. The number of H-pyrrole nitrogens is 1. The van der Waals surface area contributed by atoms with Gasteiger partial charge in [-0.2, -0.15) is 5.10 Å². The first-order chi connectivity index (χ1) is 26.2. The molecule has 1 aliphatic carbocycles. The van der Waals surface area contributed by atoms with E-state index in [1.807, 2.05) is 35.0 Å². The van der Waals surface area contributed by atoms with Crippen LogP contribution in [-0.2, 0) is 40.2 Å². The highest BCUT2D eigenvalue weighted by molar-refractivity contribution is 7.16. The Morgan fingerprint density at radius 3 is 2.76 bits per heavy atom. The Labute approximate surface area is 320 Å². The number of benzene rings is 2. The molecule has 290 valence electrons. The summed E-state index contributed by atoms with van der Waals surface area (Å²) in [5.74, 6) is 0.863. The second-order valence-electron chi connectivity index (χ2n) is 15.1. The number of phenols is 1. The first-order valence-corrected chi connectivity index (χ1v) is 20.2. The van der Waals surface area contributed by atoms with Crippen molar-refractivity contribution in [2.75, 3.05) is 72.7 Å². The molecular formula is C40H53N7O6S. The Morgan fingerprint density at radius 2 is 1.93 bits per heavy atom. The van der Waals surface area contributed by atoms with Crippen LogP contribution >= 0.6 is 11.3 Å². The molecule has 54 heavy (non-hydrogen) atoms. The molecule has 2 amide bonds. The van der Waals surface area contributed by atoms with Crippen LogP contribution in [0.5, 0.6) is 5.75 Å². The summed E-state index contributed by atoms with van der Waals surface area (Å²) < 4.78 is 14.9. The number of likely N-dealkylation sites (tertiary alicyclic amines) is 1. The van der Waals surface area contributed by atoms with E-state index >= 15 is 0 Å². The van der Waals surface area contributed by atoms with E-state index in [2.05, 4.69) is 44.6 Å². The largest absolute Gasteiger partial charge is 0.506 e. The van der Waals surface area contributed by atoms with E-state index in [1.165, 1.54) is 24.0 Å². The fourth-order valence-electron chi connectivity index (χ4n) is 7.52. The van der Waals surface area contributed by atoms with Gasteiger partial charge in [0.05, 0.1) is 43.1 Å². The van der Waals surface area contributed by atoms with Gasteiger partial charge in [-0.3, -0.25) is 24.0 Å². The number of piperidine rings is 1. The van der Waals surface area contributed by atoms with Crippen LogP contribution in [0.3, 0.4) is 0 Å². The molecule has 4 heterocycles. The van der Waals surface area contributed by atoms with Crippen molar-refractivity contribution >= 4 is 33.4 Å². The number of hydrogen-bond acceptors (Lipinski definition) is 10. The molecule has 0 bridgehead atoms. The van der Waals surface area contributed by atoms with Crippen LogP contribution in [-0.4, -0.2) is 125 Å². The van der Waals surface area contributed by atoms with Gasteiger partial charge in [0.2, 0.25) is 5.91 Å². The Kier molecular flexibility index (Phi) is 12.4. The predicted molar refractivity (Wildman–Crippen MR) is 208 cm³/mol. The zero-order chi connectivity index (χ0) is 37.5. The number of ether oxygens (including phenoxy) is 2. The molecule has 13 nitrogen and oxygen atoms in total. The predicted octanol–water partition coefficient (Wildman–Crippen LogP) is 3.65. The molecule has 3 aliphatic rings. The van der Waals surface area contributed by atoms with Crippen molar-refractivity contribution in [3.63, 3.8) is 0 Å². The number of likely N-dealkylation sites (N-methyl/N-ethyl adjacent to an activating group) is 1. The summed E-state index contributed by atoms with van der Waals surface area (Å²) in [5.41, 5.74) is 4.24. The van der Waals surface area contributed by atoms with Crippen LogP contribution < -0.4 is 10.2 Å². The second-order valence-corrected chi connectivity index (χ2v) is 16.1. The zero-order valence-corrected chi connectivity index (χ0v) is 32.1.